The molecule has 4 heteroatoms. The molecule has 4 nitrogen and oxygen atoms in total. The summed E-state index contributed by atoms with van der Waals surface area (Å²) in [6, 6.07) is 0.162. The number of nitrogens with zero attached hydrogens (tertiary/aromatic N) is 1. The number of aliphatic hydroxyl groups is 1. The van der Waals surface area contributed by atoms with Gasteiger partial charge in [-0.15, -0.1) is 0 Å². The minimum atomic E-state index is -0.222. The van der Waals surface area contributed by atoms with Crippen LogP contribution in [0.25, 0.3) is 0 Å². The highest BCUT2D eigenvalue weighted by molar-refractivity contribution is 5.68. The molecule has 15 heavy (non-hydrogen) atoms. The molecule has 0 saturated carbocycles. The van der Waals surface area contributed by atoms with E-state index in [1.807, 2.05) is 0 Å². The van der Waals surface area contributed by atoms with Gasteiger partial charge in [0.25, 0.3) is 0 Å². The minimum absolute atomic E-state index is 0.135. The molecule has 0 aliphatic carbocycles. The molecule has 0 aromatic heterocycles. The van der Waals surface area contributed by atoms with Gasteiger partial charge in [-0.1, -0.05) is 13.8 Å². The maximum atomic E-state index is 11.5. The van der Waals surface area contributed by atoms with Crippen LogP contribution in [0.15, 0.2) is 0 Å². The van der Waals surface area contributed by atoms with Crippen molar-refractivity contribution in [2.75, 3.05) is 19.8 Å². The molecular formula is C11H21NO3. The number of carbonyl (C=O) groups is 1. The van der Waals surface area contributed by atoms with Crippen molar-refractivity contribution in [1.29, 1.82) is 0 Å². The molecule has 88 valence electrons. The first kappa shape index (κ1) is 12.3. The highest BCUT2D eigenvalue weighted by Crippen LogP contribution is 2.17. The first-order valence-electron chi connectivity index (χ1n) is 5.69. The SMILES string of the molecule is CC(C)CCN1C(=O)OCCC1CCO. The van der Waals surface area contributed by atoms with E-state index < -0.39 is 0 Å². The van der Waals surface area contributed by atoms with Crippen molar-refractivity contribution in [2.45, 2.75) is 39.2 Å². The number of amides is 1. The standard InChI is InChI=1S/C11H21NO3/c1-9(2)3-6-12-10(4-7-13)5-8-15-11(12)14/h9-10,13H,3-8H2,1-2H3. The van der Waals surface area contributed by atoms with Crippen LogP contribution in [0.3, 0.4) is 0 Å². The van der Waals surface area contributed by atoms with Crippen LogP contribution in [0.2, 0.25) is 0 Å². The van der Waals surface area contributed by atoms with E-state index in [0.29, 0.717) is 18.9 Å². The molecule has 0 aromatic carbocycles. The van der Waals surface area contributed by atoms with Crippen LogP contribution in [0.1, 0.15) is 33.1 Å². The molecule has 1 amide bonds. The molecule has 1 unspecified atom stereocenters. The zero-order valence-electron chi connectivity index (χ0n) is 9.61. The van der Waals surface area contributed by atoms with Crippen molar-refractivity contribution >= 4 is 6.09 Å². The van der Waals surface area contributed by atoms with Gasteiger partial charge in [0.1, 0.15) is 0 Å². The van der Waals surface area contributed by atoms with Crippen LogP contribution in [0.5, 0.6) is 0 Å². The highest BCUT2D eigenvalue weighted by Gasteiger charge is 2.28. The summed E-state index contributed by atoms with van der Waals surface area (Å²) >= 11 is 0. The predicted octanol–water partition coefficient (Wildman–Crippen LogP) is 1.63. The average molecular weight is 215 g/mol. The van der Waals surface area contributed by atoms with Gasteiger partial charge < -0.3 is 14.7 Å². The number of cyclic esters (lactones) is 1. The van der Waals surface area contributed by atoms with Crippen molar-refractivity contribution in [3.8, 4) is 0 Å². The molecule has 0 radical (unpaired) electrons. The molecule has 1 heterocycles. The Kier molecular flexibility index (Phi) is 4.88. The quantitative estimate of drug-likeness (QED) is 0.758. The third-order valence-corrected chi connectivity index (χ3v) is 2.76. The molecular weight excluding hydrogens is 194 g/mol. The fourth-order valence-corrected chi connectivity index (χ4v) is 1.79. The second-order valence-electron chi connectivity index (χ2n) is 4.45. The van der Waals surface area contributed by atoms with Crippen molar-refractivity contribution in [2.24, 2.45) is 5.92 Å². The van der Waals surface area contributed by atoms with E-state index in [0.717, 1.165) is 19.4 Å². The number of carbonyl (C=O) groups excluding carboxylic acids is 1. The molecule has 0 spiro atoms. The van der Waals surface area contributed by atoms with Gasteiger partial charge >= 0.3 is 6.09 Å². The third kappa shape index (κ3) is 3.70. The lowest BCUT2D eigenvalue weighted by Gasteiger charge is -2.35. The zero-order chi connectivity index (χ0) is 11.3. The average Bonchev–Trinajstić information content (AvgIpc) is 2.17. The smallest absolute Gasteiger partial charge is 0.410 e. The molecule has 1 saturated heterocycles. The molecule has 1 N–H and O–H groups in total. The number of hydrogen-bond donors (Lipinski definition) is 1. The lowest BCUT2D eigenvalue weighted by molar-refractivity contribution is 0.0350. The lowest BCUT2D eigenvalue weighted by atomic mass is 10.1. The Balaban J connectivity index is 2.48. The number of aliphatic hydroxyl groups excluding tert-OH is 1. The lowest BCUT2D eigenvalue weighted by Crippen LogP contribution is -2.46. The van der Waals surface area contributed by atoms with E-state index in [9.17, 15) is 4.79 Å². The molecule has 0 bridgehead atoms. The number of rotatable bonds is 5. The summed E-state index contributed by atoms with van der Waals surface area (Å²) in [6.07, 6.45) is 2.26. The number of hydrogen-bond acceptors (Lipinski definition) is 3. The summed E-state index contributed by atoms with van der Waals surface area (Å²) in [5.41, 5.74) is 0. The van der Waals surface area contributed by atoms with Gasteiger partial charge in [0.15, 0.2) is 0 Å². The van der Waals surface area contributed by atoms with Gasteiger partial charge in [-0.05, 0) is 18.8 Å². The zero-order valence-corrected chi connectivity index (χ0v) is 9.61. The van der Waals surface area contributed by atoms with Crippen molar-refractivity contribution < 1.29 is 14.6 Å². The second-order valence-corrected chi connectivity index (χ2v) is 4.45. The topological polar surface area (TPSA) is 49.8 Å². The Morgan fingerprint density at radius 2 is 2.33 bits per heavy atom. The molecule has 1 aliphatic heterocycles. The first-order chi connectivity index (χ1) is 7.15. The summed E-state index contributed by atoms with van der Waals surface area (Å²) < 4.78 is 5.00. The third-order valence-electron chi connectivity index (χ3n) is 2.76. The van der Waals surface area contributed by atoms with Crippen molar-refractivity contribution in [1.82, 2.24) is 4.90 Å². The van der Waals surface area contributed by atoms with E-state index in [2.05, 4.69) is 13.8 Å². The fourth-order valence-electron chi connectivity index (χ4n) is 1.79. The van der Waals surface area contributed by atoms with Crippen LogP contribution >= 0.6 is 0 Å². The molecule has 1 aliphatic rings. The van der Waals surface area contributed by atoms with E-state index in [4.69, 9.17) is 9.84 Å². The van der Waals surface area contributed by atoms with Gasteiger partial charge in [0.05, 0.1) is 6.61 Å². The molecule has 1 fully saturated rings. The van der Waals surface area contributed by atoms with Gasteiger partial charge in [0, 0.05) is 25.6 Å². The Morgan fingerprint density at radius 3 is 2.93 bits per heavy atom. The largest absolute Gasteiger partial charge is 0.449 e. The molecule has 1 rings (SSSR count). The Morgan fingerprint density at radius 1 is 1.60 bits per heavy atom. The van der Waals surface area contributed by atoms with E-state index >= 15 is 0 Å². The first-order valence-corrected chi connectivity index (χ1v) is 5.69. The van der Waals surface area contributed by atoms with Gasteiger partial charge in [0.2, 0.25) is 0 Å². The summed E-state index contributed by atoms with van der Waals surface area (Å²) in [6.45, 7) is 5.63. The number of ether oxygens (including phenoxy) is 1. The van der Waals surface area contributed by atoms with Crippen LogP contribution in [0.4, 0.5) is 4.79 Å². The van der Waals surface area contributed by atoms with Crippen LogP contribution in [-0.2, 0) is 4.74 Å². The van der Waals surface area contributed by atoms with Gasteiger partial charge in [-0.3, -0.25) is 0 Å². The Hall–Kier alpha value is -0.770. The van der Waals surface area contributed by atoms with Crippen LogP contribution in [0, 0.1) is 5.92 Å². The van der Waals surface area contributed by atoms with E-state index in [-0.39, 0.29) is 18.7 Å². The predicted molar refractivity (Wildman–Crippen MR) is 57.6 cm³/mol. The maximum absolute atomic E-state index is 11.5. The molecule has 0 aromatic rings. The summed E-state index contributed by atoms with van der Waals surface area (Å²) in [5, 5.41) is 8.92. The van der Waals surface area contributed by atoms with E-state index in [1.165, 1.54) is 0 Å². The molecule has 1 atom stereocenters. The normalized spacial score (nSPS) is 22.0. The van der Waals surface area contributed by atoms with Crippen LogP contribution < -0.4 is 0 Å². The summed E-state index contributed by atoms with van der Waals surface area (Å²) in [4.78, 5) is 13.3. The minimum Gasteiger partial charge on any atom is -0.449 e. The Labute approximate surface area is 91.2 Å². The van der Waals surface area contributed by atoms with Crippen LogP contribution in [-0.4, -0.2) is 41.9 Å². The second kappa shape index (κ2) is 5.95. The van der Waals surface area contributed by atoms with Gasteiger partial charge in [-0.25, -0.2) is 4.79 Å². The maximum Gasteiger partial charge on any atom is 0.410 e. The Bertz CT molecular complexity index is 204. The van der Waals surface area contributed by atoms with Gasteiger partial charge in [-0.2, -0.15) is 0 Å². The monoisotopic (exact) mass is 215 g/mol. The summed E-state index contributed by atoms with van der Waals surface area (Å²) in [7, 11) is 0. The van der Waals surface area contributed by atoms with E-state index in [1.54, 1.807) is 4.90 Å². The van der Waals surface area contributed by atoms with Crippen molar-refractivity contribution in [3.63, 3.8) is 0 Å². The highest BCUT2D eigenvalue weighted by atomic mass is 16.6. The van der Waals surface area contributed by atoms with Crippen molar-refractivity contribution in [3.05, 3.63) is 0 Å². The fraction of sp³-hybridized carbons (Fsp3) is 0.909. The summed E-state index contributed by atoms with van der Waals surface area (Å²) in [5.74, 6) is 0.578.